The summed E-state index contributed by atoms with van der Waals surface area (Å²) in [5.41, 5.74) is 7.79. The lowest BCUT2D eigenvalue weighted by Crippen LogP contribution is -2.44. The molecule has 0 amide bonds. The van der Waals surface area contributed by atoms with E-state index in [1.165, 1.54) is 23.0 Å². The number of aliphatic hydroxyl groups is 1. The van der Waals surface area contributed by atoms with E-state index in [2.05, 4.69) is 17.6 Å². The number of rotatable bonds is 3. The molecule has 29 heavy (non-hydrogen) atoms. The molecule has 0 aliphatic heterocycles. The lowest BCUT2D eigenvalue weighted by atomic mass is 9.61. The standard InChI is InChI=1S/C24H27N3O2/c28-22(17-9-3-1-4-10-17)26-27-16-25-21-19-12-6-5-11-18(19)15-24(20(21)23(27)29)13-7-2-8-14-24/h1,3-4,6,9-10,12,16,22,26,28H,2,5,7-8,11,13-15H2/t22-/m1/s1. The van der Waals surface area contributed by atoms with Crippen molar-refractivity contribution in [3.05, 3.63) is 81.6 Å². The molecule has 150 valence electrons. The molecule has 1 saturated carbocycles. The second-order valence-electron chi connectivity index (χ2n) is 8.56. The summed E-state index contributed by atoms with van der Waals surface area (Å²) in [7, 11) is 0. The number of aliphatic hydroxyl groups excluding tert-OH is 1. The van der Waals surface area contributed by atoms with Gasteiger partial charge in [0.25, 0.3) is 5.56 Å². The fraction of sp³-hybridized carbons (Fsp3) is 0.417. The lowest BCUT2D eigenvalue weighted by molar-refractivity contribution is 0.189. The molecule has 1 heterocycles. The first-order valence-electron chi connectivity index (χ1n) is 10.7. The molecular weight excluding hydrogens is 362 g/mol. The molecule has 1 fully saturated rings. The van der Waals surface area contributed by atoms with E-state index in [0.29, 0.717) is 5.56 Å². The highest BCUT2D eigenvalue weighted by molar-refractivity contribution is 5.80. The van der Waals surface area contributed by atoms with E-state index >= 15 is 0 Å². The predicted octanol–water partition coefficient (Wildman–Crippen LogP) is 4.19. The number of nitrogens with one attached hydrogen (secondary N) is 1. The molecule has 3 aliphatic rings. The van der Waals surface area contributed by atoms with Crippen LogP contribution in [0.5, 0.6) is 0 Å². The van der Waals surface area contributed by atoms with Crippen LogP contribution in [0.25, 0.3) is 5.57 Å². The summed E-state index contributed by atoms with van der Waals surface area (Å²) in [6, 6.07) is 9.31. The van der Waals surface area contributed by atoms with E-state index in [1.807, 2.05) is 30.3 Å². The van der Waals surface area contributed by atoms with E-state index in [1.54, 1.807) is 0 Å². The largest absolute Gasteiger partial charge is 0.368 e. The molecular formula is C24H27N3O2. The van der Waals surface area contributed by atoms with Gasteiger partial charge in [-0.05, 0) is 37.7 Å². The van der Waals surface area contributed by atoms with Gasteiger partial charge >= 0.3 is 0 Å². The van der Waals surface area contributed by atoms with E-state index in [0.717, 1.165) is 61.8 Å². The van der Waals surface area contributed by atoms with Crippen molar-refractivity contribution in [1.82, 2.24) is 9.66 Å². The molecule has 5 rings (SSSR count). The fourth-order valence-electron chi connectivity index (χ4n) is 5.36. The van der Waals surface area contributed by atoms with Gasteiger partial charge in [-0.25, -0.2) is 9.66 Å². The number of aromatic nitrogens is 2. The number of nitrogens with zero attached hydrogens (tertiary/aromatic N) is 2. The summed E-state index contributed by atoms with van der Waals surface area (Å²) in [4.78, 5) is 18.4. The van der Waals surface area contributed by atoms with Crippen LogP contribution in [-0.4, -0.2) is 14.8 Å². The molecule has 0 radical (unpaired) electrons. The van der Waals surface area contributed by atoms with Crippen molar-refractivity contribution in [1.29, 1.82) is 0 Å². The van der Waals surface area contributed by atoms with Crippen LogP contribution in [-0.2, 0) is 5.41 Å². The third kappa shape index (κ3) is 3.14. The Bertz CT molecular complexity index is 1030. The van der Waals surface area contributed by atoms with Crippen molar-refractivity contribution in [2.24, 2.45) is 0 Å². The highest BCUT2D eigenvalue weighted by Gasteiger charge is 2.43. The van der Waals surface area contributed by atoms with Gasteiger partial charge in [0.1, 0.15) is 6.33 Å². The van der Waals surface area contributed by atoms with E-state index in [4.69, 9.17) is 4.98 Å². The van der Waals surface area contributed by atoms with Crippen LogP contribution in [0.1, 0.15) is 74.4 Å². The Morgan fingerprint density at radius 1 is 1.14 bits per heavy atom. The molecule has 5 nitrogen and oxygen atoms in total. The normalized spacial score (nSPS) is 20.9. The Labute approximate surface area is 170 Å². The third-order valence-electron chi connectivity index (χ3n) is 6.77. The zero-order valence-electron chi connectivity index (χ0n) is 16.6. The van der Waals surface area contributed by atoms with Gasteiger partial charge in [-0.1, -0.05) is 67.3 Å². The highest BCUT2D eigenvalue weighted by atomic mass is 16.3. The van der Waals surface area contributed by atoms with Crippen LogP contribution < -0.4 is 11.0 Å². The van der Waals surface area contributed by atoms with Crippen LogP contribution >= 0.6 is 0 Å². The van der Waals surface area contributed by atoms with Gasteiger partial charge in [0.15, 0.2) is 6.23 Å². The second-order valence-corrected chi connectivity index (χ2v) is 8.56. The predicted molar refractivity (Wildman–Crippen MR) is 114 cm³/mol. The van der Waals surface area contributed by atoms with Gasteiger partial charge in [-0.3, -0.25) is 10.2 Å². The van der Waals surface area contributed by atoms with Crippen LogP contribution in [0.2, 0.25) is 0 Å². The maximum atomic E-state index is 13.6. The topological polar surface area (TPSA) is 67.2 Å². The minimum Gasteiger partial charge on any atom is -0.368 e. The van der Waals surface area contributed by atoms with Gasteiger partial charge < -0.3 is 5.11 Å². The molecule has 3 aliphatic carbocycles. The van der Waals surface area contributed by atoms with Crippen molar-refractivity contribution >= 4 is 5.57 Å². The fourth-order valence-corrected chi connectivity index (χ4v) is 5.36. The molecule has 2 N–H and O–H groups in total. The van der Waals surface area contributed by atoms with Crippen molar-refractivity contribution in [2.45, 2.75) is 63.0 Å². The zero-order chi connectivity index (χ0) is 19.8. The van der Waals surface area contributed by atoms with Gasteiger partial charge in [-0.15, -0.1) is 0 Å². The SMILES string of the molecule is O=c1c2c(ncn1N[C@H](O)c1ccccc1)C1=C(CCC=C1)CC21CCCCC1. The average molecular weight is 389 g/mol. The maximum absolute atomic E-state index is 13.6. The first-order chi connectivity index (χ1) is 14.2. The number of hydrogen-bond donors (Lipinski definition) is 2. The molecule has 5 heteroatoms. The Balaban J connectivity index is 1.60. The van der Waals surface area contributed by atoms with E-state index < -0.39 is 6.23 Å². The number of hydrogen-bond acceptors (Lipinski definition) is 4. The molecule has 1 atom stereocenters. The van der Waals surface area contributed by atoms with E-state index in [9.17, 15) is 9.90 Å². The van der Waals surface area contributed by atoms with Gasteiger partial charge in [0.2, 0.25) is 0 Å². The second kappa shape index (κ2) is 7.30. The van der Waals surface area contributed by atoms with Crippen molar-refractivity contribution in [3.8, 4) is 0 Å². The number of benzene rings is 1. The molecule has 2 aromatic rings. The summed E-state index contributed by atoms with van der Waals surface area (Å²) in [6.07, 6.45) is 13.7. The monoisotopic (exact) mass is 389 g/mol. The Morgan fingerprint density at radius 3 is 2.72 bits per heavy atom. The van der Waals surface area contributed by atoms with Gasteiger partial charge in [-0.2, -0.15) is 0 Å². The Hall–Kier alpha value is -2.66. The Morgan fingerprint density at radius 2 is 1.93 bits per heavy atom. The van der Waals surface area contributed by atoms with Crippen LogP contribution in [0.15, 0.2) is 59.2 Å². The van der Waals surface area contributed by atoms with E-state index in [-0.39, 0.29) is 11.0 Å². The van der Waals surface area contributed by atoms with Crippen molar-refractivity contribution < 1.29 is 5.11 Å². The molecule has 0 unspecified atom stereocenters. The minimum absolute atomic E-state index is 0.0718. The maximum Gasteiger partial charge on any atom is 0.276 e. The van der Waals surface area contributed by atoms with Crippen molar-refractivity contribution in [2.75, 3.05) is 5.43 Å². The molecule has 0 bridgehead atoms. The first kappa shape index (κ1) is 18.4. The molecule has 1 aromatic carbocycles. The summed E-state index contributed by atoms with van der Waals surface area (Å²) in [6.45, 7) is 0. The summed E-state index contributed by atoms with van der Waals surface area (Å²) >= 11 is 0. The number of fused-ring (bicyclic) bond motifs is 3. The van der Waals surface area contributed by atoms with Gasteiger partial charge in [0, 0.05) is 11.0 Å². The summed E-state index contributed by atoms with van der Waals surface area (Å²) in [5, 5.41) is 10.6. The molecule has 1 aromatic heterocycles. The quantitative estimate of drug-likeness (QED) is 0.773. The summed E-state index contributed by atoms with van der Waals surface area (Å²) in [5.74, 6) is 0. The van der Waals surface area contributed by atoms with Crippen LogP contribution in [0.3, 0.4) is 0 Å². The van der Waals surface area contributed by atoms with Crippen LogP contribution in [0.4, 0.5) is 0 Å². The Kier molecular flexibility index (Phi) is 4.63. The van der Waals surface area contributed by atoms with Crippen LogP contribution in [0, 0.1) is 0 Å². The third-order valence-corrected chi connectivity index (χ3v) is 6.77. The molecule has 1 spiro atoms. The summed E-state index contributed by atoms with van der Waals surface area (Å²) < 4.78 is 1.38. The molecule has 0 saturated heterocycles. The minimum atomic E-state index is -0.969. The zero-order valence-corrected chi connectivity index (χ0v) is 16.6. The highest BCUT2D eigenvalue weighted by Crippen LogP contribution is 2.50. The number of allylic oxidation sites excluding steroid dienone is 4. The smallest absolute Gasteiger partial charge is 0.276 e. The lowest BCUT2D eigenvalue weighted by Gasteiger charge is -2.43. The van der Waals surface area contributed by atoms with Crippen molar-refractivity contribution in [3.63, 3.8) is 0 Å². The van der Waals surface area contributed by atoms with Gasteiger partial charge in [0.05, 0.1) is 11.3 Å². The first-order valence-corrected chi connectivity index (χ1v) is 10.7. The average Bonchev–Trinajstić information content (AvgIpc) is 2.76.